The van der Waals surface area contributed by atoms with E-state index in [2.05, 4.69) is 10.3 Å². The summed E-state index contributed by atoms with van der Waals surface area (Å²) < 4.78 is 57.9. The van der Waals surface area contributed by atoms with Crippen molar-refractivity contribution in [1.29, 1.82) is 0 Å². The van der Waals surface area contributed by atoms with E-state index in [9.17, 15) is 31.9 Å². The molecule has 0 saturated heterocycles. The molecule has 4 aromatic rings. The van der Waals surface area contributed by atoms with Crippen molar-refractivity contribution in [2.45, 2.75) is 20.0 Å². The van der Waals surface area contributed by atoms with Crippen molar-refractivity contribution in [3.63, 3.8) is 0 Å². The van der Waals surface area contributed by atoms with Crippen LogP contribution in [-0.2, 0) is 29.2 Å². The number of hydrogen-bond acceptors (Lipinski definition) is 8. The Morgan fingerprint density at radius 3 is 2.41 bits per heavy atom. The molecule has 0 aliphatic rings. The third-order valence-corrected chi connectivity index (χ3v) is 6.36. The van der Waals surface area contributed by atoms with Crippen LogP contribution in [0, 0.1) is 17.7 Å². The van der Waals surface area contributed by atoms with Crippen molar-refractivity contribution in [3.8, 4) is 11.6 Å². The molecule has 0 radical (unpaired) electrons. The van der Waals surface area contributed by atoms with Gasteiger partial charge < -0.3 is 14.6 Å². The molecule has 2 atom stereocenters. The molecular weight excluding hydrogens is 584 g/mol. The monoisotopic (exact) mass is 604 g/mol. The first-order chi connectivity index (χ1) is 19.5. The third-order valence-electron chi connectivity index (χ3n) is 5.74. The van der Waals surface area contributed by atoms with E-state index in [-0.39, 0.29) is 24.7 Å². The third kappa shape index (κ3) is 7.63. The van der Waals surface area contributed by atoms with Gasteiger partial charge in [-0.05, 0) is 54.1 Å². The van der Waals surface area contributed by atoms with Gasteiger partial charge in [-0.25, -0.2) is 9.18 Å². The molecule has 0 aliphatic heterocycles. The first kappa shape index (κ1) is 29.6. The minimum Gasteiger partial charge on any atom is -0.755 e. The van der Waals surface area contributed by atoms with Gasteiger partial charge >= 0.3 is 5.69 Å². The lowest BCUT2D eigenvalue weighted by Crippen LogP contribution is -2.44. The number of rotatable bonds is 10. The minimum absolute atomic E-state index is 0.00941. The molecule has 11 nitrogen and oxygen atoms in total. The summed E-state index contributed by atoms with van der Waals surface area (Å²) in [5, 5.41) is 3.47. The molecule has 2 heterocycles. The summed E-state index contributed by atoms with van der Waals surface area (Å²) in [7, 11) is 0. The predicted molar refractivity (Wildman–Crippen MR) is 146 cm³/mol. The van der Waals surface area contributed by atoms with Crippen LogP contribution in [0.2, 0.25) is 5.02 Å². The van der Waals surface area contributed by atoms with Gasteiger partial charge in [0.1, 0.15) is 11.6 Å². The van der Waals surface area contributed by atoms with Crippen LogP contribution in [0.5, 0.6) is 11.6 Å². The number of carbonyl (C=O) groups is 1. The van der Waals surface area contributed by atoms with E-state index in [1.54, 1.807) is 29.0 Å². The highest BCUT2D eigenvalue weighted by Gasteiger charge is 2.19. The molecule has 1 amide bonds. The standard InChI is InChI=1S/C26H22ClF2N5O6S/c1-15(24(36)32-41(38)39)13-34-23(35)12-22(33(26(34)37)14-16-2-4-17(27)5-3-16)30-18-6-8-19(9-7-18)40-25-20(28)10-11-21(29)31-25/h2-12,15,30H,13-14H2,1H3,(H,32,36)(H,38,39)/p-1/t15-/m0/s1. The second kappa shape index (κ2) is 12.8. The zero-order chi connectivity index (χ0) is 29.7. The van der Waals surface area contributed by atoms with E-state index in [1.807, 2.05) is 0 Å². The summed E-state index contributed by atoms with van der Waals surface area (Å²) in [6.07, 6.45) is 0. The van der Waals surface area contributed by atoms with E-state index in [4.69, 9.17) is 16.3 Å². The molecule has 41 heavy (non-hydrogen) atoms. The quantitative estimate of drug-likeness (QED) is 0.207. The lowest BCUT2D eigenvalue weighted by Gasteiger charge is -2.19. The lowest BCUT2D eigenvalue weighted by molar-refractivity contribution is -0.123. The van der Waals surface area contributed by atoms with Gasteiger partial charge in [0.2, 0.25) is 11.9 Å². The van der Waals surface area contributed by atoms with Crippen LogP contribution in [0.15, 0.2) is 76.3 Å². The Morgan fingerprint density at radius 1 is 1.07 bits per heavy atom. The number of anilines is 2. The molecular formula is C26H21ClF2N5O6S-. The minimum atomic E-state index is -2.85. The fourth-order valence-corrected chi connectivity index (χ4v) is 4.18. The van der Waals surface area contributed by atoms with Crippen molar-refractivity contribution < 1.29 is 27.1 Å². The number of ether oxygens (including phenoxy) is 1. The highest BCUT2D eigenvalue weighted by atomic mass is 35.5. The molecule has 0 fully saturated rings. The molecule has 0 aliphatic carbocycles. The first-order valence-electron chi connectivity index (χ1n) is 11.9. The smallest absolute Gasteiger partial charge is 0.332 e. The number of halogens is 3. The maximum atomic E-state index is 13.9. The summed E-state index contributed by atoms with van der Waals surface area (Å²) in [4.78, 5) is 41.9. The van der Waals surface area contributed by atoms with Crippen molar-refractivity contribution in [3.05, 3.63) is 110 Å². The van der Waals surface area contributed by atoms with Gasteiger partial charge in [0.05, 0.1) is 12.5 Å². The largest absolute Gasteiger partial charge is 0.755 e. The molecule has 15 heteroatoms. The second-order valence-corrected chi connectivity index (χ2v) is 9.86. The maximum Gasteiger partial charge on any atom is 0.332 e. The molecule has 2 aromatic carbocycles. The molecule has 1 unspecified atom stereocenters. The second-order valence-electron chi connectivity index (χ2n) is 8.75. The van der Waals surface area contributed by atoms with Crippen LogP contribution in [0.3, 0.4) is 0 Å². The number of amides is 1. The van der Waals surface area contributed by atoms with Crippen molar-refractivity contribution >= 4 is 40.3 Å². The highest BCUT2D eigenvalue weighted by molar-refractivity contribution is 7.77. The number of nitrogens with zero attached hydrogens (tertiary/aromatic N) is 3. The fourth-order valence-electron chi connectivity index (χ4n) is 3.69. The number of benzene rings is 2. The van der Waals surface area contributed by atoms with Crippen LogP contribution in [0.4, 0.5) is 20.3 Å². The normalized spacial score (nSPS) is 12.4. The fraction of sp³-hybridized carbons (Fsp3) is 0.154. The lowest BCUT2D eigenvalue weighted by atomic mass is 10.1. The van der Waals surface area contributed by atoms with Gasteiger partial charge in [-0.3, -0.25) is 27.7 Å². The Morgan fingerprint density at radius 2 is 1.76 bits per heavy atom. The average Bonchev–Trinajstić information content (AvgIpc) is 2.92. The van der Waals surface area contributed by atoms with E-state index in [1.165, 1.54) is 35.8 Å². The Labute approximate surface area is 238 Å². The summed E-state index contributed by atoms with van der Waals surface area (Å²) in [6, 6.07) is 15.5. The Kier molecular flexibility index (Phi) is 9.27. The Hall–Kier alpha value is -4.40. The molecule has 0 bridgehead atoms. The van der Waals surface area contributed by atoms with Gasteiger partial charge in [0.15, 0.2) is 5.82 Å². The maximum absolute atomic E-state index is 13.9. The molecule has 214 valence electrons. The van der Waals surface area contributed by atoms with Crippen LogP contribution in [-0.4, -0.2) is 28.8 Å². The number of pyridine rings is 1. The van der Waals surface area contributed by atoms with Crippen LogP contribution in [0.1, 0.15) is 12.5 Å². The number of nitrogens with one attached hydrogen (secondary N) is 2. The number of hydrogen-bond donors (Lipinski definition) is 2. The van der Waals surface area contributed by atoms with Gasteiger partial charge in [-0.15, -0.1) is 0 Å². The highest BCUT2D eigenvalue weighted by Crippen LogP contribution is 2.25. The van der Waals surface area contributed by atoms with Gasteiger partial charge in [-0.1, -0.05) is 30.7 Å². The van der Waals surface area contributed by atoms with Crippen molar-refractivity contribution in [2.75, 3.05) is 5.32 Å². The summed E-state index contributed by atoms with van der Waals surface area (Å²) in [5.41, 5.74) is -0.409. The molecule has 2 aromatic heterocycles. The van der Waals surface area contributed by atoms with Gasteiger partial charge in [0.25, 0.3) is 11.4 Å². The van der Waals surface area contributed by atoms with Crippen molar-refractivity contribution in [2.24, 2.45) is 5.92 Å². The molecule has 0 saturated carbocycles. The zero-order valence-corrected chi connectivity index (χ0v) is 22.7. The SMILES string of the molecule is C[C@@H](Cn1c(=O)cc(Nc2ccc(Oc3nc(F)ccc3F)cc2)n(Cc2ccc(Cl)cc2)c1=O)C(=O)NS(=O)[O-]. The van der Waals surface area contributed by atoms with Gasteiger partial charge in [0, 0.05) is 34.6 Å². The summed E-state index contributed by atoms with van der Waals surface area (Å²) in [5.74, 6) is -3.96. The van der Waals surface area contributed by atoms with E-state index >= 15 is 0 Å². The van der Waals surface area contributed by atoms with Gasteiger partial charge in [-0.2, -0.15) is 9.37 Å². The van der Waals surface area contributed by atoms with E-state index in [0.29, 0.717) is 16.3 Å². The van der Waals surface area contributed by atoms with Crippen LogP contribution >= 0.6 is 11.6 Å². The Balaban J connectivity index is 1.65. The van der Waals surface area contributed by atoms with Crippen LogP contribution in [0.25, 0.3) is 0 Å². The number of aromatic nitrogens is 3. The Bertz CT molecular complexity index is 1710. The zero-order valence-electron chi connectivity index (χ0n) is 21.2. The number of carbonyl (C=O) groups excluding carboxylic acids is 1. The molecule has 2 N–H and O–H groups in total. The topological polar surface area (TPSA) is 147 Å². The summed E-state index contributed by atoms with van der Waals surface area (Å²) in [6.45, 7) is 1.01. The van der Waals surface area contributed by atoms with E-state index < -0.39 is 52.0 Å². The first-order valence-corrected chi connectivity index (χ1v) is 13.3. The summed E-state index contributed by atoms with van der Waals surface area (Å²) >= 11 is 3.12. The average molecular weight is 605 g/mol. The van der Waals surface area contributed by atoms with E-state index in [0.717, 1.165) is 22.8 Å². The van der Waals surface area contributed by atoms with Crippen LogP contribution < -0.4 is 26.0 Å². The molecule has 0 spiro atoms. The van der Waals surface area contributed by atoms with Crippen molar-refractivity contribution in [1.82, 2.24) is 18.8 Å². The molecule has 4 rings (SSSR count). The predicted octanol–water partition coefficient (Wildman–Crippen LogP) is 3.47.